The van der Waals surface area contributed by atoms with Crippen molar-refractivity contribution in [1.82, 2.24) is 4.90 Å². The van der Waals surface area contributed by atoms with E-state index in [0.29, 0.717) is 5.54 Å². The molecule has 0 radical (unpaired) electrons. The van der Waals surface area contributed by atoms with Gasteiger partial charge in [0.25, 0.3) is 0 Å². The summed E-state index contributed by atoms with van der Waals surface area (Å²) >= 11 is 0. The zero-order valence-electron chi connectivity index (χ0n) is 9.21. The third kappa shape index (κ3) is 1.04. The minimum Gasteiger partial charge on any atom is -0.329 e. The highest BCUT2D eigenvalue weighted by Gasteiger charge is 2.60. The molecule has 4 atom stereocenters. The van der Waals surface area contributed by atoms with Crippen LogP contribution in [0.2, 0.25) is 0 Å². The fraction of sp³-hybridized carbons (Fsp3) is 1.00. The molecule has 0 amide bonds. The van der Waals surface area contributed by atoms with Gasteiger partial charge in [-0.05, 0) is 57.4 Å². The molecule has 0 aromatic rings. The quantitative estimate of drug-likeness (QED) is 0.723. The van der Waals surface area contributed by atoms with E-state index in [1.807, 2.05) is 0 Å². The highest BCUT2D eigenvalue weighted by atomic mass is 15.3. The number of fused-ring (bicyclic) bond motifs is 1. The van der Waals surface area contributed by atoms with Crippen LogP contribution in [0.5, 0.6) is 0 Å². The van der Waals surface area contributed by atoms with E-state index in [1.165, 1.54) is 38.6 Å². The number of rotatable bonds is 2. The van der Waals surface area contributed by atoms with Gasteiger partial charge in [-0.3, -0.25) is 4.90 Å². The van der Waals surface area contributed by atoms with E-state index < -0.39 is 0 Å². The molecule has 14 heavy (non-hydrogen) atoms. The molecule has 0 aromatic carbocycles. The van der Waals surface area contributed by atoms with E-state index in [2.05, 4.69) is 11.8 Å². The predicted molar refractivity (Wildman–Crippen MR) is 58.0 cm³/mol. The monoisotopic (exact) mass is 194 g/mol. The van der Waals surface area contributed by atoms with Crippen molar-refractivity contribution in [3.05, 3.63) is 0 Å². The van der Waals surface area contributed by atoms with E-state index >= 15 is 0 Å². The van der Waals surface area contributed by atoms with Gasteiger partial charge in [-0.1, -0.05) is 0 Å². The van der Waals surface area contributed by atoms with Crippen molar-refractivity contribution in [2.45, 2.75) is 50.6 Å². The van der Waals surface area contributed by atoms with Crippen LogP contribution in [0.15, 0.2) is 0 Å². The van der Waals surface area contributed by atoms with Gasteiger partial charge in [0.1, 0.15) is 0 Å². The van der Waals surface area contributed by atoms with Gasteiger partial charge in [-0.2, -0.15) is 0 Å². The first-order valence-corrected chi connectivity index (χ1v) is 6.25. The Kier molecular flexibility index (Phi) is 1.94. The van der Waals surface area contributed by atoms with Gasteiger partial charge in [-0.25, -0.2) is 0 Å². The number of hydrogen-bond acceptors (Lipinski definition) is 2. The fourth-order valence-electron chi connectivity index (χ4n) is 4.17. The van der Waals surface area contributed by atoms with Crippen molar-refractivity contribution < 1.29 is 0 Å². The predicted octanol–water partition coefficient (Wildman–Crippen LogP) is 1.60. The second-order valence-electron chi connectivity index (χ2n) is 5.63. The Balaban J connectivity index is 1.85. The summed E-state index contributed by atoms with van der Waals surface area (Å²) in [5.41, 5.74) is 6.52. The van der Waals surface area contributed by atoms with Crippen LogP contribution >= 0.6 is 0 Å². The highest BCUT2D eigenvalue weighted by Crippen LogP contribution is 2.60. The molecule has 3 fully saturated rings. The minimum atomic E-state index is 0.431. The Morgan fingerprint density at radius 2 is 2.29 bits per heavy atom. The largest absolute Gasteiger partial charge is 0.329 e. The maximum atomic E-state index is 6.09. The second-order valence-corrected chi connectivity index (χ2v) is 5.63. The average molecular weight is 194 g/mol. The smallest absolute Gasteiger partial charge is 0.0365 e. The third-order valence-electron chi connectivity index (χ3n) is 5.04. The zero-order chi connectivity index (χ0) is 9.76. The normalized spacial score (nSPS) is 52.3. The van der Waals surface area contributed by atoms with Crippen LogP contribution in [0.1, 0.15) is 39.0 Å². The lowest BCUT2D eigenvalue weighted by Gasteiger charge is -2.42. The van der Waals surface area contributed by atoms with Crippen LogP contribution < -0.4 is 5.73 Å². The lowest BCUT2D eigenvalue weighted by Crippen LogP contribution is -2.55. The number of likely N-dealkylation sites (tertiary alicyclic amines) is 1. The van der Waals surface area contributed by atoms with Crippen molar-refractivity contribution in [3.63, 3.8) is 0 Å². The summed E-state index contributed by atoms with van der Waals surface area (Å²) in [6, 6.07) is 0.790. The second kappa shape index (κ2) is 2.96. The molecule has 0 spiro atoms. The van der Waals surface area contributed by atoms with Crippen LogP contribution in [0.3, 0.4) is 0 Å². The highest BCUT2D eigenvalue weighted by molar-refractivity contribution is 5.14. The van der Waals surface area contributed by atoms with Crippen molar-refractivity contribution >= 4 is 0 Å². The van der Waals surface area contributed by atoms with Crippen LogP contribution in [0.25, 0.3) is 0 Å². The van der Waals surface area contributed by atoms with Gasteiger partial charge in [0, 0.05) is 18.1 Å². The van der Waals surface area contributed by atoms with E-state index in [0.717, 1.165) is 24.4 Å². The maximum Gasteiger partial charge on any atom is 0.0365 e. The molecule has 1 aliphatic heterocycles. The molecule has 2 N–H and O–H groups in total. The molecule has 1 saturated heterocycles. The van der Waals surface area contributed by atoms with Gasteiger partial charge in [0.05, 0.1) is 0 Å². The number of nitrogens with two attached hydrogens (primary N) is 1. The number of hydrogen-bond donors (Lipinski definition) is 1. The van der Waals surface area contributed by atoms with E-state index in [-0.39, 0.29) is 0 Å². The molecule has 0 aromatic heterocycles. The Labute approximate surface area is 86.8 Å². The zero-order valence-corrected chi connectivity index (χ0v) is 9.21. The first kappa shape index (κ1) is 9.17. The summed E-state index contributed by atoms with van der Waals surface area (Å²) in [6.07, 6.45) is 7.08. The molecule has 2 heteroatoms. The van der Waals surface area contributed by atoms with Gasteiger partial charge in [-0.15, -0.1) is 0 Å². The van der Waals surface area contributed by atoms with Gasteiger partial charge >= 0.3 is 0 Å². The molecular weight excluding hydrogens is 172 g/mol. The van der Waals surface area contributed by atoms with Crippen molar-refractivity contribution in [2.24, 2.45) is 17.6 Å². The lowest BCUT2D eigenvalue weighted by molar-refractivity contribution is 0.0725. The first-order valence-electron chi connectivity index (χ1n) is 6.25. The van der Waals surface area contributed by atoms with Gasteiger partial charge in [0.15, 0.2) is 0 Å². The molecule has 1 heterocycles. The Morgan fingerprint density at radius 1 is 1.43 bits per heavy atom. The summed E-state index contributed by atoms with van der Waals surface area (Å²) in [5.74, 6) is 2.01. The number of nitrogens with zero attached hydrogens (tertiary/aromatic N) is 1. The van der Waals surface area contributed by atoms with E-state index in [1.54, 1.807) is 0 Å². The summed E-state index contributed by atoms with van der Waals surface area (Å²) in [4.78, 5) is 2.75. The topological polar surface area (TPSA) is 29.3 Å². The standard InChI is InChI=1S/C12H22N2/c1-9-3-2-6-14(9)12(8-13)5-4-10-7-11(10)12/h9-11H,2-8,13H2,1H3. The fourth-order valence-corrected chi connectivity index (χ4v) is 4.17. The molecule has 0 bridgehead atoms. The Morgan fingerprint density at radius 3 is 2.71 bits per heavy atom. The first-order chi connectivity index (χ1) is 6.78. The molecular formula is C12H22N2. The molecule has 3 aliphatic rings. The summed E-state index contributed by atoms with van der Waals surface area (Å²) in [7, 11) is 0. The SMILES string of the molecule is CC1CCCN1C1(CN)CCC2CC21. The molecule has 2 nitrogen and oxygen atoms in total. The van der Waals surface area contributed by atoms with Crippen LogP contribution in [0, 0.1) is 11.8 Å². The average Bonchev–Trinajstić information content (AvgIpc) is 2.71. The summed E-state index contributed by atoms with van der Waals surface area (Å²) < 4.78 is 0. The van der Waals surface area contributed by atoms with E-state index in [4.69, 9.17) is 5.73 Å². The minimum absolute atomic E-state index is 0.431. The van der Waals surface area contributed by atoms with E-state index in [9.17, 15) is 0 Å². The maximum absolute atomic E-state index is 6.09. The van der Waals surface area contributed by atoms with Gasteiger partial charge in [0.2, 0.25) is 0 Å². The van der Waals surface area contributed by atoms with Crippen LogP contribution in [0.4, 0.5) is 0 Å². The molecule has 3 rings (SSSR count). The molecule has 4 unspecified atom stereocenters. The lowest BCUT2D eigenvalue weighted by atomic mass is 9.90. The molecule has 80 valence electrons. The third-order valence-corrected chi connectivity index (χ3v) is 5.04. The van der Waals surface area contributed by atoms with Crippen molar-refractivity contribution in [1.29, 1.82) is 0 Å². The van der Waals surface area contributed by atoms with Crippen LogP contribution in [-0.4, -0.2) is 29.6 Å². The summed E-state index contributed by atoms with van der Waals surface area (Å²) in [5, 5.41) is 0. The van der Waals surface area contributed by atoms with Crippen LogP contribution in [-0.2, 0) is 0 Å². The van der Waals surface area contributed by atoms with Crippen molar-refractivity contribution in [2.75, 3.05) is 13.1 Å². The Hall–Kier alpha value is -0.0800. The van der Waals surface area contributed by atoms with Gasteiger partial charge < -0.3 is 5.73 Å². The molecule has 2 aliphatic carbocycles. The summed E-state index contributed by atoms with van der Waals surface area (Å²) in [6.45, 7) is 4.60. The Bertz CT molecular complexity index is 240. The van der Waals surface area contributed by atoms with Crippen molar-refractivity contribution in [3.8, 4) is 0 Å². The molecule has 2 saturated carbocycles.